The fourth-order valence-corrected chi connectivity index (χ4v) is 1.69. The summed E-state index contributed by atoms with van der Waals surface area (Å²) in [6, 6.07) is 1.80. The maximum atomic E-state index is 8.81. The van der Waals surface area contributed by atoms with Crippen LogP contribution in [0.1, 0.15) is 15.9 Å². The molecule has 0 saturated carbocycles. The van der Waals surface area contributed by atoms with Crippen LogP contribution in [0.25, 0.3) is 0 Å². The van der Waals surface area contributed by atoms with Crippen LogP contribution in [0.5, 0.6) is 0 Å². The van der Waals surface area contributed by atoms with E-state index in [1.54, 1.807) is 6.20 Å². The lowest BCUT2D eigenvalue weighted by atomic mass is 10.3. The molecule has 4 heteroatoms. The van der Waals surface area contributed by atoms with Gasteiger partial charge in [0.15, 0.2) is 0 Å². The number of nitrogens with zero attached hydrogens (tertiary/aromatic N) is 2. The minimum Gasteiger partial charge on any atom is -0.287 e. The first kappa shape index (κ1) is 9.73. The molecular formula is C9H9N3S. The third-order valence-electron chi connectivity index (χ3n) is 1.46. The molecule has 0 spiro atoms. The monoisotopic (exact) mass is 191 g/mol. The molecule has 0 bridgehead atoms. The number of terminal acetylenes is 1. The van der Waals surface area contributed by atoms with E-state index in [0.29, 0.717) is 6.54 Å². The second-order valence-corrected chi connectivity index (χ2v) is 3.70. The number of nitriles is 1. The quantitative estimate of drug-likeness (QED) is 0.731. The van der Waals surface area contributed by atoms with E-state index in [1.807, 2.05) is 6.92 Å². The van der Waals surface area contributed by atoms with Gasteiger partial charge in [-0.05, 0) is 6.92 Å². The van der Waals surface area contributed by atoms with Gasteiger partial charge in [-0.2, -0.15) is 5.26 Å². The maximum absolute atomic E-state index is 8.81. The number of rotatable bonds is 3. The van der Waals surface area contributed by atoms with Crippen molar-refractivity contribution in [1.82, 2.24) is 10.3 Å². The second kappa shape index (κ2) is 4.61. The predicted molar refractivity (Wildman–Crippen MR) is 52.0 cm³/mol. The third-order valence-corrected chi connectivity index (χ3v) is 2.44. The Morgan fingerprint density at radius 1 is 1.85 bits per heavy atom. The van der Waals surface area contributed by atoms with Crippen LogP contribution in [0.2, 0.25) is 0 Å². The van der Waals surface area contributed by atoms with Crippen LogP contribution < -0.4 is 5.32 Å². The van der Waals surface area contributed by atoms with Crippen LogP contribution in [0, 0.1) is 30.6 Å². The third kappa shape index (κ3) is 2.55. The minimum atomic E-state index is -0.331. The van der Waals surface area contributed by atoms with E-state index < -0.39 is 0 Å². The Morgan fingerprint density at radius 2 is 2.62 bits per heavy atom. The van der Waals surface area contributed by atoms with Crippen molar-refractivity contribution in [1.29, 1.82) is 5.26 Å². The first-order chi connectivity index (χ1) is 6.27. The molecule has 13 heavy (non-hydrogen) atoms. The smallest absolute Gasteiger partial charge is 0.132 e. The molecule has 3 nitrogen and oxygen atoms in total. The Labute approximate surface area is 81.4 Å². The number of aryl methyl sites for hydroxylation is 1. The molecule has 0 radical (unpaired) electrons. The molecule has 0 fully saturated rings. The topological polar surface area (TPSA) is 48.7 Å². The van der Waals surface area contributed by atoms with Crippen molar-refractivity contribution in [2.45, 2.75) is 13.0 Å². The summed E-state index contributed by atoms with van der Waals surface area (Å²) >= 11 is 1.51. The number of nitrogens with one attached hydrogen (secondary N) is 1. The van der Waals surface area contributed by atoms with E-state index in [-0.39, 0.29) is 6.04 Å². The van der Waals surface area contributed by atoms with Crippen molar-refractivity contribution in [2.75, 3.05) is 6.54 Å². The molecule has 1 aromatic heterocycles. The molecule has 0 saturated heterocycles. The fraction of sp³-hybridized carbons (Fsp3) is 0.333. The molecule has 0 aromatic carbocycles. The molecule has 1 heterocycles. The zero-order valence-corrected chi connectivity index (χ0v) is 8.06. The molecule has 0 amide bonds. The van der Waals surface area contributed by atoms with Gasteiger partial charge in [0.1, 0.15) is 6.04 Å². The van der Waals surface area contributed by atoms with Gasteiger partial charge in [0, 0.05) is 6.20 Å². The van der Waals surface area contributed by atoms with Gasteiger partial charge in [-0.3, -0.25) is 5.32 Å². The largest absolute Gasteiger partial charge is 0.287 e. The van der Waals surface area contributed by atoms with Crippen molar-refractivity contribution in [3.63, 3.8) is 0 Å². The fourth-order valence-electron chi connectivity index (χ4n) is 0.882. The predicted octanol–water partition coefficient (Wildman–Crippen LogP) is 1.24. The lowest BCUT2D eigenvalue weighted by Gasteiger charge is -2.04. The lowest BCUT2D eigenvalue weighted by molar-refractivity contribution is 0.700. The average Bonchev–Trinajstić information content (AvgIpc) is 2.54. The molecule has 1 aromatic rings. The van der Waals surface area contributed by atoms with Gasteiger partial charge in [-0.1, -0.05) is 5.92 Å². The molecule has 0 aliphatic heterocycles. The van der Waals surface area contributed by atoms with Crippen molar-refractivity contribution in [3.8, 4) is 18.4 Å². The molecule has 1 N–H and O–H groups in total. The number of hydrogen-bond acceptors (Lipinski definition) is 4. The van der Waals surface area contributed by atoms with Crippen LogP contribution in [-0.4, -0.2) is 11.5 Å². The van der Waals surface area contributed by atoms with Crippen LogP contribution >= 0.6 is 11.3 Å². The summed E-state index contributed by atoms with van der Waals surface area (Å²) in [6.45, 7) is 2.30. The average molecular weight is 191 g/mol. The highest BCUT2D eigenvalue weighted by Gasteiger charge is 2.11. The summed E-state index contributed by atoms with van der Waals surface area (Å²) in [6.07, 6.45) is 6.79. The van der Waals surface area contributed by atoms with E-state index in [2.05, 4.69) is 22.3 Å². The van der Waals surface area contributed by atoms with Gasteiger partial charge in [-0.15, -0.1) is 17.8 Å². The standard InChI is InChI=1S/C9H9N3S/c1-3-4-11-8(5-10)9-6-12-7(2)13-9/h1,6,8,11H,4H2,2H3. The molecule has 1 rings (SSSR count). The normalized spacial score (nSPS) is 11.6. The zero-order valence-electron chi connectivity index (χ0n) is 7.24. The second-order valence-electron chi connectivity index (χ2n) is 2.43. The summed E-state index contributed by atoms with van der Waals surface area (Å²) < 4.78 is 0. The van der Waals surface area contributed by atoms with E-state index in [1.165, 1.54) is 11.3 Å². The summed E-state index contributed by atoms with van der Waals surface area (Å²) in [5, 5.41) is 12.7. The number of hydrogen-bond donors (Lipinski definition) is 1. The van der Waals surface area contributed by atoms with Crippen LogP contribution in [0.15, 0.2) is 6.20 Å². The van der Waals surface area contributed by atoms with Crippen molar-refractivity contribution >= 4 is 11.3 Å². The molecule has 0 aliphatic carbocycles. The maximum Gasteiger partial charge on any atom is 0.132 e. The molecule has 1 atom stereocenters. The highest BCUT2D eigenvalue weighted by atomic mass is 32.1. The van der Waals surface area contributed by atoms with Gasteiger partial charge < -0.3 is 0 Å². The Hall–Kier alpha value is -1.36. The van der Waals surface area contributed by atoms with Crippen LogP contribution in [0.4, 0.5) is 0 Å². The Balaban J connectivity index is 2.69. The molecular weight excluding hydrogens is 182 g/mol. The van der Waals surface area contributed by atoms with Crippen LogP contribution in [0.3, 0.4) is 0 Å². The highest BCUT2D eigenvalue weighted by molar-refractivity contribution is 7.11. The molecule has 66 valence electrons. The van der Waals surface area contributed by atoms with E-state index in [0.717, 1.165) is 9.88 Å². The summed E-state index contributed by atoms with van der Waals surface area (Å²) in [5.74, 6) is 2.43. The Bertz CT molecular complexity index is 356. The summed E-state index contributed by atoms with van der Waals surface area (Å²) in [5.41, 5.74) is 0. The first-order valence-electron chi connectivity index (χ1n) is 3.76. The summed E-state index contributed by atoms with van der Waals surface area (Å²) in [7, 11) is 0. The number of thiazole rings is 1. The van der Waals surface area contributed by atoms with E-state index in [9.17, 15) is 0 Å². The van der Waals surface area contributed by atoms with Gasteiger partial charge in [0.25, 0.3) is 0 Å². The van der Waals surface area contributed by atoms with Gasteiger partial charge in [-0.25, -0.2) is 4.98 Å². The van der Waals surface area contributed by atoms with Gasteiger partial charge in [0.2, 0.25) is 0 Å². The Kier molecular flexibility index (Phi) is 3.45. The highest BCUT2D eigenvalue weighted by Crippen LogP contribution is 2.19. The van der Waals surface area contributed by atoms with Crippen molar-refractivity contribution < 1.29 is 0 Å². The molecule has 1 unspecified atom stereocenters. The SMILES string of the molecule is C#CCNC(C#N)c1cnc(C)s1. The minimum absolute atomic E-state index is 0.331. The summed E-state index contributed by atoms with van der Waals surface area (Å²) in [4.78, 5) is 4.98. The van der Waals surface area contributed by atoms with Gasteiger partial charge in [0.05, 0.1) is 22.5 Å². The first-order valence-corrected chi connectivity index (χ1v) is 4.58. The lowest BCUT2D eigenvalue weighted by Crippen LogP contribution is -2.19. The Morgan fingerprint density at radius 3 is 3.08 bits per heavy atom. The van der Waals surface area contributed by atoms with E-state index in [4.69, 9.17) is 11.7 Å². The van der Waals surface area contributed by atoms with Crippen LogP contribution in [-0.2, 0) is 0 Å². The van der Waals surface area contributed by atoms with Crippen molar-refractivity contribution in [3.05, 3.63) is 16.1 Å². The molecule has 0 aliphatic rings. The van der Waals surface area contributed by atoms with E-state index >= 15 is 0 Å². The van der Waals surface area contributed by atoms with Gasteiger partial charge >= 0.3 is 0 Å². The zero-order chi connectivity index (χ0) is 9.68. The number of aromatic nitrogens is 1. The van der Waals surface area contributed by atoms with Crippen molar-refractivity contribution in [2.24, 2.45) is 0 Å².